The van der Waals surface area contributed by atoms with Crippen LogP contribution in [0.25, 0.3) is 0 Å². The number of aliphatic hydroxyl groups is 3. The van der Waals surface area contributed by atoms with Crippen LogP contribution in [0.5, 0.6) is 0 Å². The number of rotatable bonds is 10. The number of nitrogens with zero attached hydrogens (tertiary/aromatic N) is 1. The van der Waals surface area contributed by atoms with Crippen LogP contribution in [0.4, 0.5) is 4.79 Å². The van der Waals surface area contributed by atoms with Crippen LogP contribution in [-0.2, 0) is 49.3 Å². The van der Waals surface area contributed by atoms with E-state index in [1.165, 1.54) is 6.92 Å². The highest BCUT2D eigenvalue weighted by Crippen LogP contribution is 2.54. The van der Waals surface area contributed by atoms with Gasteiger partial charge in [0.1, 0.15) is 30.0 Å². The van der Waals surface area contributed by atoms with E-state index in [9.17, 15) is 24.9 Å². The van der Waals surface area contributed by atoms with Gasteiger partial charge in [0.05, 0.1) is 54.2 Å². The number of hydrogen-bond donors (Lipinski definition) is 4. The monoisotopic (exact) mass is 879 g/mol. The molecule has 1 spiro atoms. The minimum absolute atomic E-state index is 0.00816. The largest absolute Gasteiger partial charge is 0.509 e. The zero-order chi connectivity index (χ0) is 45.9. The number of carbonyl (C=O) groups excluding carboxylic acids is 2. The van der Waals surface area contributed by atoms with Gasteiger partial charge in [0.25, 0.3) is 0 Å². The van der Waals surface area contributed by atoms with Gasteiger partial charge < -0.3 is 63.4 Å². The second-order valence-corrected chi connectivity index (χ2v) is 19.9. The molecule has 15 nitrogen and oxygen atoms in total. The first-order valence-electron chi connectivity index (χ1n) is 22.8. The van der Waals surface area contributed by atoms with E-state index in [1.807, 2.05) is 77.0 Å². The molecular weight excluding hydrogens is 801 g/mol. The van der Waals surface area contributed by atoms with E-state index in [0.29, 0.717) is 32.4 Å². The van der Waals surface area contributed by atoms with Gasteiger partial charge in [-0.1, -0.05) is 58.0 Å². The van der Waals surface area contributed by atoms with Crippen LogP contribution in [-0.4, -0.2) is 150 Å². The van der Waals surface area contributed by atoms with Crippen molar-refractivity contribution in [1.82, 2.24) is 10.2 Å². The number of ether oxygens (including phenoxy) is 8. The Morgan fingerprint density at radius 1 is 0.968 bits per heavy atom. The lowest BCUT2D eigenvalue weighted by molar-refractivity contribution is -0.302. The molecule has 5 rings (SSSR count). The summed E-state index contributed by atoms with van der Waals surface area (Å²) in [6.07, 6.45) is -6.01. The lowest BCUT2D eigenvalue weighted by Gasteiger charge is -2.49. The standard InChI is InChI=1S/C47H78N2O13/c1-14-36-46(10,54)39(50)32(7)48-24-27(2)22-44(8,53)40(30(5)37(31(6)41(51)60-36)59-34-20-28(3)47(26-57-47)45(9,23-34)55-13)62-42-38(35(49(11)12)21-29(4)58-42)61-43(52)56-25-33-18-16-15-17-19-33/h15-19,27-32,34-40,42,48,50,53-54H,14,20-26H2,1-13H3/t27-,28-,29-,30+,31-,32-,34?,35+,36-,37+,38-,39-,40-,42?,44?,45-,46-,47+/m1/s1. The average molecular weight is 879 g/mol. The van der Waals surface area contributed by atoms with Crippen molar-refractivity contribution in [3.8, 4) is 0 Å². The zero-order valence-electron chi connectivity index (χ0n) is 39.5. The Kier molecular flexibility index (Phi) is 16.6. The Bertz CT molecular complexity index is 1610. The number of aliphatic hydroxyl groups excluding tert-OH is 1. The van der Waals surface area contributed by atoms with Crippen LogP contribution in [0.1, 0.15) is 107 Å². The molecule has 1 saturated carbocycles. The average Bonchev–Trinajstić information content (AvgIpc) is 4.04. The highest BCUT2D eigenvalue weighted by atomic mass is 16.8. The van der Waals surface area contributed by atoms with Crippen molar-refractivity contribution < 1.29 is 62.8 Å². The molecule has 0 amide bonds. The lowest BCUT2D eigenvalue weighted by atomic mass is 9.69. The molecule has 3 unspecified atom stereocenters. The third-order valence-corrected chi connectivity index (χ3v) is 14.5. The molecule has 62 heavy (non-hydrogen) atoms. The normalized spacial score (nSPS) is 44.8. The summed E-state index contributed by atoms with van der Waals surface area (Å²) in [4.78, 5) is 29.9. The SMILES string of the molecule is CC[C@H]1OC(=O)[C@H](C)[C@@H](OC2C[C@@H](C)[C@@]3(CO3)[C@](C)(OC)C2)[C@H](C)[C@@H](OC2O[C@H](C)C[C@H](N(C)C)[C@H]2OC(=O)OCc2ccccc2)C(C)(O)C[C@@H](C)CN[C@H](C)[C@@H](O)[C@]1(C)O. The van der Waals surface area contributed by atoms with E-state index in [2.05, 4.69) is 12.2 Å². The number of carbonyl (C=O) groups is 2. The molecule has 15 heteroatoms. The van der Waals surface area contributed by atoms with Crippen LogP contribution < -0.4 is 5.32 Å². The third-order valence-electron chi connectivity index (χ3n) is 14.5. The van der Waals surface area contributed by atoms with E-state index < -0.39 is 95.3 Å². The first-order chi connectivity index (χ1) is 29.0. The molecular formula is C47H78N2O13. The fraction of sp³-hybridized carbons (Fsp3) is 0.830. The zero-order valence-corrected chi connectivity index (χ0v) is 39.5. The van der Waals surface area contributed by atoms with Crippen LogP contribution in [0.2, 0.25) is 0 Å². The van der Waals surface area contributed by atoms with Gasteiger partial charge in [-0.05, 0) is 105 Å². The molecule has 0 bridgehead atoms. The number of hydrogen-bond acceptors (Lipinski definition) is 15. The number of likely N-dealkylation sites (N-methyl/N-ethyl adjacent to an activating group) is 1. The summed E-state index contributed by atoms with van der Waals surface area (Å²) in [5, 5.41) is 39.4. The number of benzene rings is 1. The Morgan fingerprint density at radius 2 is 1.63 bits per heavy atom. The van der Waals surface area contributed by atoms with Crippen LogP contribution in [0.3, 0.4) is 0 Å². The van der Waals surface area contributed by atoms with Gasteiger partial charge in [0.2, 0.25) is 0 Å². The summed E-state index contributed by atoms with van der Waals surface area (Å²) in [6.45, 7) is 19.4. The van der Waals surface area contributed by atoms with Crippen molar-refractivity contribution in [3.05, 3.63) is 35.9 Å². The predicted octanol–water partition coefficient (Wildman–Crippen LogP) is 4.99. The molecule has 4 N–H and O–H groups in total. The second kappa shape index (κ2) is 20.4. The lowest BCUT2D eigenvalue weighted by Crippen LogP contribution is -2.61. The molecule has 1 aromatic carbocycles. The van der Waals surface area contributed by atoms with Crippen LogP contribution in [0, 0.1) is 23.7 Å². The molecule has 1 aromatic rings. The summed E-state index contributed by atoms with van der Waals surface area (Å²) in [5.74, 6) is -2.42. The van der Waals surface area contributed by atoms with Crippen LogP contribution >= 0.6 is 0 Å². The Morgan fingerprint density at radius 3 is 2.23 bits per heavy atom. The van der Waals surface area contributed by atoms with E-state index in [0.717, 1.165) is 5.56 Å². The maximum Gasteiger partial charge on any atom is 0.509 e. The number of cyclic esters (lactones) is 1. The number of methoxy groups -OCH3 is 1. The van der Waals surface area contributed by atoms with Gasteiger partial charge in [-0.3, -0.25) is 4.79 Å². The van der Waals surface area contributed by atoms with E-state index >= 15 is 0 Å². The molecule has 3 aliphatic heterocycles. The fourth-order valence-electron chi connectivity index (χ4n) is 10.6. The predicted molar refractivity (Wildman–Crippen MR) is 231 cm³/mol. The highest BCUT2D eigenvalue weighted by molar-refractivity contribution is 5.73. The highest BCUT2D eigenvalue weighted by Gasteiger charge is 2.66. The maximum atomic E-state index is 14.5. The smallest absolute Gasteiger partial charge is 0.459 e. The summed E-state index contributed by atoms with van der Waals surface area (Å²) in [6, 6.07) is 8.36. The number of nitrogens with one attached hydrogen (secondary N) is 1. The van der Waals surface area contributed by atoms with Crippen molar-refractivity contribution in [2.45, 2.75) is 191 Å². The van der Waals surface area contributed by atoms with Gasteiger partial charge in [0.15, 0.2) is 12.4 Å². The minimum Gasteiger partial charge on any atom is -0.459 e. The van der Waals surface area contributed by atoms with Gasteiger partial charge in [-0.25, -0.2) is 4.79 Å². The van der Waals surface area contributed by atoms with Crippen molar-refractivity contribution >= 4 is 12.1 Å². The minimum atomic E-state index is -1.80. The van der Waals surface area contributed by atoms with Crippen LogP contribution in [0.15, 0.2) is 30.3 Å². The fourth-order valence-corrected chi connectivity index (χ4v) is 10.6. The maximum absolute atomic E-state index is 14.5. The van der Waals surface area contributed by atoms with Gasteiger partial charge >= 0.3 is 12.1 Å². The summed E-state index contributed by atoms with van der Waals surface area (Å²) in [7, 11) is 5.47. The quantitative estimate of drug-likeness (QED) is 0.182. The topological polar surface area (TPSA) is 187 Å². The molecule has 1 aliphatic carbocycles. The van der Waals surface area contributed by atoms with E-state index in [-0.39, 0.29) is 43.4 Å². The molecule has 18 atom stereocenters. The van der Waals surface area contributed by atoms with E-state index in [1.54, 1.807) is 34.8 Å². The van der Waals surface area contributed by atoms with Crippen molar-refractivity contribution in [3.63, 3.8) is 0 Å². The van der Waals surface area contributed by atoms with Crippen molar-refractivity contribution in [2.75, 3.05) is 34.4 Å². The molecule has 3 heterocycles. The van der Waals surface area contributed by atoms with Crippen molar-refractivity contribution in [2.24, 2.45) is 23.7 Å². The summed E-state index contributed by atoms with van der Waals surface area (Å²) >= 11 is 0. The first kappa shape index (κ1) is 50.6. The summed E-state index contributed by atoms with van der Waals surface area (Å²) < 4.78 is 50.7. The molecule has 4 fully saturated rings. The van der Waals surface area contributed by atoms with Gasteiger partial charge in [0, 0.05) is 25.5 Å². The molecule has 354 valence electrons. The first-order valence-corrected chi connectivity index (χ1v) is 22.8. The van der Waals surface area contributed by atoms with Crippen molar-refractivity contribution in [1.29, 1.82) is 0 Å². The Hall–Kier alpha value is -2.44. The molecule has 0 radical (unpaired) electrons. The molecule has 4 aliphatic rings. The third kappa shape index (κ3) is 11.1. The Balaban J connectivity index is 1.56. The van der Waals surface area contributed by atoms with E-state index in [4.69, 9.17) is 37.9 Å². The second-order valence-electron chi connectivity index (χ2n) is 19.9. The number of esters is 1. The summed E-state index contributed by atoms with van der Waals surface area (Å²) in [5.41, 5.74) is -3.70. The molecule has 3 saturated heterocycles. The van der Waals surface area contributed by atoms with Gasteiger partial charge in [-0.2, -0.15) is 0 Å². The molecule has 0 aromatic heterocycles. The Labute approximate surface area is 369 Å². The van der Waals surface area contributed by atoms with Gasteiger partial charge in [-0.15, -0.1) is 0 Å². The number of epoxide rings is 1.